The van der Waals surface area contributed by atoms with Crippen molar-refractivity contribution in [2.45, 2.75) is 78.6 Å². The van der Waals surface area contributed by atoms with Gasteiger partial charge in [0.25, 0.3) is 0 Å². The van der Waals surface area contributed by atoms with Crippen molar-refractivity contribution in [2.24, 2.45) is 5.41 Å². The van der Waals surface area contributed by atoms with Crippen molar-refractivity contribution in [1.82, 2.24) is 0 Å². The Morgan fingerprint density at radius 1 is 1.21 bits per heavy atom. The van der Waals surface area contributed by atoms with E-state index in [1.807, 2.05) is 13.0 Å². The van der Waals surface area contributed by atoms with Gasteiger partial charge in [-0.3, -0.25) is 0 Å². The van der Waals surface area contributed by atoms with Crippen molar-refractivity contribution in [3.63, 3.8) is 0 Å². The molecule has 0 amide bonds. The van der Waals surface area contributed by atoms with Crippen LogP contribution in [0.15, 0.2) is 12.7 Å². The summed E-state index contributed by atoms with van der Waals surface area (Å²) in [7, 11) is -1.75. The first-order valence-electron chi connectivity index (χ1n) is 7.16. The molecule has 0 saturated carbocycles. The molecule has 19 heavy (non-hydrogen) atoms. The van der Waals surface area contributed by atoms with E-state index >= 15 is 0 Å². The van der Waals surface area contributed by atoms with E-state index < -0.39 is 8.32 Å². The Kier molecular flexibility index (Phi) is 6.58. The maximum atomic E-state index is 6.60. The van der Waals surface area contributed by atoms with Gasteiger partial charge in [0.05, 0.1) is 6.10 Å². The lowest BCUT2D eigenvalue weighted by atomic mass is 9.82. The van der Waals surface area contributed by atoms with Gasteiger partial charge in [0.2, 0.25) is 0 Å². The minimum Gasteiger partial charge on any atom is -0.413 e. The monoisotopic (exact) mass is 280 g/mol. The molecule has 0 fully saturated rings. The van der Waals surface area contributed by atoms with Gasteiger partial charge in [-0.25, -0.2) is 0 Å². The number of rotatable bonds is 6. The summed E-state index contributed by atoms with van der Waals surface area (Å²) in [6.07, 6.45) is 3.94. The quantitative estimate of drug-likeness (QED) is 0.360. The lowest BCUT2D eigenvalue weighted by molar-refractivity contribution is 0.0660. The molecule has 0 aliphatic rings. The van der Waals surface area contributed by atoms with Gasteiger partial charge in [0.1, 0.15) is 0 Å². The summed E-state index contributed by atoms with van der Waals surface area (Å²) in [5.41, 5.74) is 0.0622. The van der Waals surface area contributed by atoms with Crippen molar-refractivity contribution in [1.29, 1.82) is 0 Å². The molecule has 0 aliphatic heterocycles. The van der Waals surface area contributed by atoms with Crippen LogP contribution in [-0.2, 0) is 4.43 Å². The van der Waals surface area contributed by atoms with Crippen LogP contribution in [0.4, 0.5) is 0 Å². The molecular formula is C17H32OSi. The fourth-order valence-corrected chi connectivity index (χ4v) is 3.12. The highest BCUT2D eigenvalue weighted by molar-refractivity contribution is 6.74. The SMILES string of the molecule is C=CCC(O[Si](C)(C)C(C)(C)C)C(C)(C)CC#CC. The summed E-state index contributed by atoms with van der Waals surface area (Å²) in [6, 6.07) is 0. The second-order valence-electron chi connectivity index (χ2n) is 7.48. The van der Waals surface area contributed by atoms with Gasteiger partial charge >= 0.3 is 0 Å². The minimum atomic E-state index is -1.75. The second kappa shape index (κ2) is 6.77. The maximum Gasteiger partial charge on any atom is 0.192 e. The van der Waals surface area contributed by atoms with Crippen molar-refractivity contribution in [3.8, 4) is 11.8 Å². The third kappa shape index (κ3) is 5.54. The van der Waals surface area contributed by atoms with Crippen LogP contribution in [0.2, 0.25) is 18.1 Å². The van der Waals surface area contributed by atoms with Crippen LogP contribution in [0.25, 0.3) is 0 Å². The first-order chi connectivity index (χ1) is 8.48. The van der Waals surface area contributed by atoms with Gasteiger partial charge in [-0.2, -0.15) is 0 Å². The Balaban J connectivity index is 5.11. The van der Waals surface area contributed by atoms with Gasteiger partial charge in [-0.1, -0.05) is 40.7 Å². The fraction of sp³-hybridized carbons (Fsp3) is 0.765. The van der Waals surface area contributed by atoms with Crippen LogP contribution in [0.5, 0.6) is 0 Å². The Hall–Kier alpha value is -0.523. The maximum absolute atomic E-state index is 6.60. The molecule has 0 heterocycles. The summed E-state index contributed by atoms with van der Waals surface area (Å²) in [6.45, 7) is 21.7. The van der Waals surface area contributed by atoms with Crippen LogP contribution < -0.4 is 0 Å². The zero-order valence-electron chi connectivity index (χ0n) is 14.2. The van der Waals surface area contributed by atoms with Crippen molar-refractivity contribution in [2.75, 3.05) is 0 Å². The average molecular weight is 281 g/mol. The highest BCUT2D eigenvalue weighted by Crippen LogP contribution is 2.41. The zero-order chi connectivity index (χ0) is 15.3. The molecule has 1 atom stereocenters. The largest absolute Gasteiger partial charge is 0.413 e. The molecule has 0 aliphatic carbocycles. The van der Waals surface area contributed by atoms with Gasteiger partial charge in [0.15, 0.2) is 8.32 Å². The van der Waals surface area contributed by atoms with Gasteiger partial charge in [0, 0.05) is 11.8 Å². The van der Waals surface area contributed by atoms with Crippen LogP contribution in [-0.4, -0.2) is 14.4 Å². The Bertz CT molecular complexity index is 350. The smallest absolute Gasteiger partial charge is 0.192 e. The van der Waals surface area contributed by atoms with Gasteiger partial charge in [-0.15, -0.1) is 18.4 Å². The highest BCUT2D eigenvalue weighted by Gasteiger charge is 2.42. The molecule has 1 unspecified atom stereocenters. The van der Waals surface area contributed by atoms with E-state index in [0.29, 0.717) is 0 Å². The van der Waals surface area contributed by atoms with E-state index in [1.54, 1.807) is 0 Å². The minimum absolute atomic E-state index is 0.0622. The Labute approximate surface area is 122 Å². The number of hydrogen-bond acceptors (Lipinski definition) is 1. The summed E-state index contributed by atoms with van der Waals surface area (Å²) >= 11 is 0. The third-order valence-corrected chi connectivity index (χ3v) is 8.70. The predicted octanol–water partition coefficient (Wildman–Crippen LogP) is 5.39. The molecular weight excluding hydrogens is 248 g/mol. The normalized spacial score (nSPS) is 14.5. The summed E-state index contributed by atoms with van der Waals surface area (Å²) in [5, 5.41) is 0.235. The average Bonchev–Trinajstić information content (AvgIpc) is 2.24. The van der Waals surface area contributed by atoms with Crippen LogP contribution >= 0.6 is 0 Å². The molecule has 2 heteroatoms. The molecule has 1 nitrogen and oxygen atoms in total. The molecule has 0 rings (SSSR count). The Morgan fingerprint density at radius 3 is 2.11 bits per heavy atom. The molecule has 0 N–H and O–H groups in total. The van der Waals surface area contributed by atoms with E-state index in [4.69, 9.17) is 4.43 Å². The first-order valence-corrected chi connectivity index (χ1v) is 10.1. The van der Waals surface area contributed by atoms with E-state index in [0.717, 1.165) is 12.8 Å². The third-order valence-electron chi connectivity index (χ3n) is 4.22. The highest BCUT2D eigenvalue weighted by atomic mass is 28.4. The lowest BCUT2D eigenvalue weighted by Crippen LogP contribution is -2.47. The first kappa shape index (κ1) is 18.5. The van der Waals surface area contributed by atoms with E-state index in [2.05, 4.69) is 66.1 Å². The summed E-state index contributed by atoms with van der Waals surface area (Å²) in [5.74, 6) is 6.20. The van der Waals surface area contributed by atoms with Gasteiger partial charge < -0.3 is 4.43 Å². The topological polar surface area (TPSA) is 9.23 Å². The molecule has 0 aromatic rings. The predicted molar refractivity (Wildman–Crippen MR) is 88.7 cm³/mol. The Morgan fingerprint density at radius 2 is 1.74 bits per heavy atom. The van der Waals surface area contributed by atoms with Crippen molar-refractivity contribution >= 4 is 8.32 Å². The molecule has 110 valence electrons. The van der Waals surface area contributed by atoms with E-state index in [9.17, 15) is 0 Å². The number of hydrogen-bond donors (Lipinski definition) is 0. The van der Waals surface area contributed by atoms with Crippen LogP contribution in [0.1, 0.15) is 54.4 Å². The molecule has 0 aromatic heterocycles. The summed E-state index contributed by atoms with van der Waals surface area (Å²) in [4.78, 5) is 0. The van der Waals surface area contributed by atoms with Crippen LogP contribution in [0, 0.1) is 17.3 Å². The van der Waals surface area contributed by atoms with E-state index in [1.165, 1.54) is 0 Å². The molecule has 0 spiro atoms. The lowest BCUT2D eigenvalue weighted by Gasteiger charge is -2.43. The second-order valence-corrected chi connectivity index (χ2v) is 12.2. The van der Waals surface area contributed by atoms with Gasteiger partial charge in [-0.05, 0) is 31.5 Å². The molecule has 0 radical (unpaired) electrons. The zero-order valence-corrected chi connectivity index (χ0v) is 15.2. The van der Waals surface area contributed by atoms with Crippen molar-refractivity contribution in [3.05, 3.63) is 12.7 Å². The van der Waals surface area contributed by atoms with E-state index in [-0.39, 0.29) is 16.6 Å². The molecule has 0 aromatic carbocycles. The van der Waals surface area contributed by atoms with Crippen LogP contribution in [0.3, 0.4) is 0 Å². The summed E-state index contributed by atoms with van der Waals surface area (Å²) < 4.78 is 6.60. The molecule has 0 bridgehead atoms. The van der Waals surface area contributed by atoms with Crippen molar-refractivity contribution < 1.29 is 4.43 Å². The molecule has 0 saturated heterocycles. The fourth-order valence-electron chi connectivity index (χ4n) is 1.64. The standard InChI is InChI=1S/C17H32OSi/c1-10-12-14-17(6,7)15(13-11-2)18-19(8,9)16(3,4)5/h11,15H,2,13-14H2,1,3-9H3.